The second-order valence-electron chi connectivity index (χ2n) is 3.53. The number of hydrogen-bond acceptors (Lipinski definition) is 2. The number of carbonyl (C=O) groups is 1. The van der Waals surface area contributed by atoms with Crippen molar-refractivity contribution in [2.75, 3.05) is 6.61 Å². The molecule has 0 aliphatic carbocycles. The van der Waals surface area contributed by atoms with Crippen molar-refractivity contribution >= 4 is 5.97 Å². The molecule has 1 saturated heterocycles. The topological polar surface area (TPSA) is 46.5 Å². The average molecular weight is 194 g/mol. The van der Waals surface area contributed by atoms with Crippen LogP contribution in [0.15, 0.2) is 0 Å². The lowest BCUT2D eigenvalue weighted by atomic mass is 9.99. The van der Waals surface area contributed by atoms with Crippen molar-refractivity contribution in [1.82, 2.24) is 0 Å². The van der Waals surface area contributed by atoms with Gasteiger partial charge in [0.1, 0.15) is 6.61 Å². The molecule has 1 heterocycles. The zero-order chi connectivity index (χ0) is 10.1. The summed E-state index contributed by atoms with van der Waals surface area (Å²) >= 11 is 0. The monoisotopic (exact) mass is 194 g/mol. The zero-order valence-electron chi connectivity index (χ0n) is 7.35. The summed E-state index contributed by atoms with van der Waals surface area (Å²) in [6, 6.07) is 0. The van der Waals surface area contributed by atoms with E-state index in [0.29, 0.717) is 0 Å². The number of ether oxygens (including phenoxy) is 1. The van der Waals surface area contributed by atoms with E-state index >= 15 is 0 Å². The lowest BCUT2D eigenvalue weighted by Crippen LogP contribution is -2.39. The van der Waals surface area contributed by atoms with E-state index < -0.39 is 24.1 Å². The van der Waals surface area contributed by atoms with Crippen molar-refractivity contribution in [2.24, 2.45) is 0 Å². The first-order valence-electron chi connectivity index (χ1n) is 4.11. The van der Waals surface area contributed by atoms with E-state index in [-0.39, 0.29) is 19.3 Å². The van der Waals surface area contributed by atoms with Crippen LogP contribution in [0.1, 0.15) is 26.2 Å². The van der Waals surface area contributed by atoms with E-state index in [1.807, 2.05) is 0 Å². The molecule has 0 amide bonds. The fourth-order valence-corrected chi connectivity index (χ4v) is 1.26. The molecule has 0 spiro atoms. The highest BCUT2D eigenvalue weighted by Crippen LogP contribution is 2.32. The van der Waals surface area contributed by atoms with Gasteiger partial charge in [0, 0.05) is 6.42 Å². The van der Waals surface area contributed by atoms with Gasteiger partial charge in [-0.15, -0.1) is 0 Å². The SMILES string of the molecule is C[C@]1(C(=O)O)CCCC(F)(F)CO1. The molecule has 76 valence electrons. The van der Waals surface area contributed by atoms with Crippen LogP contribution in [0, 0.1) is 0 Å². The Morgan fingerprint density at radius 3 is 2.62 bits per heavy atom. The molecule has 0 radical (unpaired) electrons. The van der Waals surface area contributed by atoms with Gasteiger partial charge in [-0.1, -0.05) is 0 Å². The van der Waals surface area contributed by atoms with Gasteiger partial charge in [0.15, 0.2) is 5.60 Å². The molecule has 0 aromatic rings. The summed E-state index contributed by atoms with van der Waals surface area (Å²) in [5, 5.41) is 8.72. The molecule has 0 bridgehead atoms. The maximum absolute atomic E-state index is 12.8. The van der Waals surface area contributed by atoms with Crippen LogP contribution < -0.4 is 0 Å². The Hall–Kier alpha value is -0.710. The second-order valence-corrected chi connectivity index (χ2v) is 3.53. The number of alkyl halides is 2. The molecule has 1 aliphatic rings. The molecule has 13 heavy (non-hydrogen) atoms. The van der Waals surface area contributed by atoms with E-state index in [1.54, 1.807) is 0 Å². The van der Waals surface area contributed by atoms with Gasteiger partial charge in [0.2, 0.25) is 0 Å². The molecule has 0 aromatic carbocycles. The molecule has 1 rings (SSSR count). The molecule has 1 fully saturated rings. The lowest BCUT2D eigenvalue weighted by molar-refractivity contribution is -0.172. The van der Waals surface area contributed by atoms with E-state index in [0.717, 1.165) is 0 Å². The summed E-state index contributed by atoms with van der Waals surface area (Å²) in [7, 11) is 0. The second kappa shape index (κ2) is 3.21. The van der Waals surface area contributed by atoms with Crippen molar-refractivity contribution in [3.63, 3.8) is 0 Å². The van der Waals surface area contributed by atoms with E-state index in [9.17, 15) is 13.6 Å². The fraction of sp³-hybridized carbons (Fsp3) is 0.875. The Labute approximate surface area is 74.7 Å². The molecule has 3 nitrogen and oxygen atoms in total. The van der Waals surface area contributed by atoms with E-state index in [1.165, 1.54) is 6.92 Å². The highest BCUT2D eigenvalue weighted by atomic mass is 19.3. The van der Waals surface area contributed by atoms with Crippen LogP contribution in [0.5, 0.6) is 0 Å². The van der Waals surface area contributed by atoms with Crippen molar-refractivity contribution in [2.45, 2.75) is 37.7 Å². The minimum Gasteiger partial charge on any atom is -0.479 e. The largest absolute Gasteiger partial charge is 0.479 e. The molecule has 0 aromatic heterocycles. The molecule has 0 unspecified atom stereocenters. The number of aliphatic carboxylic acids is 1. The van der Waals surface area contributed by atoms with Crippen molar-refractivity contribution < 1.29 is 23.4 Å². The van der Waals surface area contributed by atoms with Gasteiger partial charge in [-0.05, 0) is 19.8 Å². The maximum atomic E-state index is 12.8. The Bertz CT molecular complexity index is 217. The van der Waals surface area contributed by atoms with Crippen LogP contribution in [-0.4, -0.2) is 29.2 Å². The van der Waals surface area contributed by atoms with Gasteiger partial charge >= 0.3 is 5.97 Å². The minimum absolute atomic E-state index is 0.137. The molecular weight excluding hydrogens is 182 g/mol. The number of carboxylic acid groups (broad SMARTS) is 1. The summed E-state index contributed by atoms with van der Waals surface area (Å²) in [5.41, 5.74) is -1.44. The van der Waals surface area contributed by atoms with Crippen LogP contribution in [0.4, 0.5) is 8.78 Å². The molecular formula is C8H12F2O3. The van der Waals surface area contributed by atoms with Gasteiger partial charge in [-0.25, -0.2) is 13.6 Å². The molecule has 1 N–H and O–H groups in total. The van der Waals surface area contributed by atoms with Gasteiger partial charge < -0.3 is 9.84 Å². The first-order chi connectivity index (χ1) is 5.86. The van der Waals surface area contributed by atoms with Crippen LogP contribution in [0.25, 0.3) is 0 Å². The van der Waals surface area contributed by atoms with E-state index in [4.69, 9.17) is 9.84 Å². The summed E-state index contributed by atoms with van der Waals surface area (Å²) in [6.45, 7) is 0.534. The highest BCUT2D eigenvalue weighted by Gasteiger charge is 2.42. The summed E-state index contributed by atoms with van der Waals surface area (Å²) in [4.78, 5) is 10.7. The van der Waals surface area contributed by atoms with Gasteiger partial charge in [0.05, 0.1) is 0 Å². The normalized spacial score (nSPS) is 33.8. The van der Waals surface area contributed by atoms with Crippen LogP contribution in [0.3, 0.4) is 0 Å². The Kier molecular flexibility index (Phi) is 2.56. The zero-order valence-corrected chi connectivity index (χ0v) is 7.35. The smallest absolute Gasteiger partial charge is 0.335 e. The van der Waals surface area contributed by atoms with Gasteiger partial charge in [0.25, 0.3) is 5.92 Å². The summed E-state index contributed by atoms with van der Waals surface area (Å²) in [5.74, 6) is -4.06. The van der Waals surface area contributed by atoms with Crippen LogP contribution >= 0.6 is 0 Å². The number of carboxylic acids is 1. The quantitative estimate of drug-likeness (QED) is 0.690. The summed E-state index contributed by atoms with van der Waals surface area (Å²) in [6.07, 6.45) is 0.0175. The molecule has 5 heteroatoms. The minimum atomic E-state index is -2.88. The standard InChI is InChI=1S/C8H12F2O3/c1-7(6(11)12)3-2-4-8(9,10)5-13-7/h2-5H2,1H3,(H,11,12)/t7-/m1/s1. The Morgan fingerprint density at radius 1 is 1.46 bits per heavy atom. The number of halogens is 2. The van der Waals surface area contributed by atoms with Crippen molar-refractivity contribution in [3.8, 4) is 0 Å². The third-order valence-electron chi connectivity index (χ3n) is 2.25. The third kappa shape index (κ3) is 2.37. The molecule has 0 saturated carbocycles. The lowest BCUT2D eigenvalue weighted by Gasteiger charge is -2.23. The predicted molar refractivity (Wildman–Crippen MR) is 40.8 cm³/mol. The number of rotatable bonds is 1. The Morgan fingerprint density at radius 2 is 2.08 bits per heavy atom. The Balaban J connectivity index is 2.69. The first-order valence-corrected chi connectivity index (χ1v) is 4.11. The van der Waals surface area contributed by atoms with Crippen molar-refractivity contribution in [3.05, 3.63) is 0 Å². The van der Waals surface area contributed by atoms with Gasteiger partial charge in [-0.3, -0.25) is 0 Å². The van der Waals surface area contributed by atoms with Crippen LogP contribution in [-0.2, 0) is 9.53 Å². The van der Waals surface area contributed by atoms with Gasteiger partial charge in [-0.2, -0.15) is 0 Å². The van der Waals surface area contributed by atoms with E-state index in [2.05, 4.69) is 0 Å². The predicted octanol–water partition coefficient (Wildman–Crippen LogP) is 1.67. The maximum Gasteiger partial charge on any atom is 0.335 e. The molecule has 1 atom stereocenters. The fourth-order valence-electron chi connectivity index (χ4n) is 1.26. The number of hydrogen-bond donors (Lipinski definition) is 1. The van der Waals surface area contributed by atoms with Crippen molar-refractivity contribution in [1.29, 1.82) is 0 Å². The van der Waals surface area contributed by atoms with Crippen LogP contribution in [0.2, 0.25) is 0 Å². The third-order valence-corrected chi connectivity index (χ3v) is 2.25. The highest BCUT2D eigenvalue weighted by molar-refractivity contribution is 5.76. The average Bonchev–Trinajstić information content (AvgIpc) is 2.12. The first kappa shape index (κ1) is 10.4. The summed E-state index contributed by atoms with van der Waals surface area (Å²) < 4.78 is 30.2. The molecule has 1 aliphatic heterocycles.